The van der Waals surface area contributed by atoms with E-state index < -0.39 is 28.6 Å². The van der Waals surface area contributed by atoms with Gasteiger partial charge in [0, 0.05) is 0 Å². The van der Waals surface area contributed by atoms with Crippen LogP contribution in [0.5, 0.6) is 0 Å². The van der Waals surface area contributed by atoms with Gasteiger partial charge in [-0.3, -0.25) is 0 Å². The zero-order valence-electron chi connectivity index (χ0n) is 15.4. The molecule has 1 aliphatic rings. The highest BCUT2D eigenvalue weighted by atomic mass is 32.2. The van der Waals surface area contributed by atoms with E-state index in [9.17, 15) is 8.42 Å². The third kappa shape index (κ3) is 3.14. The van der Waals surface area contributed by atoms with Crippen molar-refractivity contribution in [3.8, 4) is 12.3 Å². The second kappa shape index (κ2) is 5.34. The molecule has 0 aromatic carbocycles. The Morgan fingerprint density at radius 2 is 1.68 bits per heavy atom. The van der Waals surface area contributed by atoms with Crippen LogP contribution < -0.4 is 0 Å². The van der Waals surface area contributed by atoms with Crippen LogP contribution >= 0.6 is 0 Å². The number of nitrogens with zero attached hydrogens (tertiary/aromatic N) is 1. The Labute approximate surface area is 137 Å². The van der Waals surface area contributed by atoms with Crippen LogP contribution in [0.1, 0.15) is 48.5 Å². The maximum absolute atomic E-state index is 12.7. The fourth-order valence-corrected chi connectivity index (χ4v) is 4.86. The molecule has 22 heavy (non-hydrogen) atoms. The topological polar surface area (TPSA) is 46.4 Å². The highest BCUT2D eigenvalue weighted by Crippen LogP contribution is 2.47. The van der Waals surface area contributed by atoms with Crippen LogP contribution in [0.4, 0.5) is 0 Å². The minimum Gasteiger partial charge on any atom is -0.415 e. The van der Waals surface area contributed by atoms with E-state index in [0.717, 1.165) is 0 Å². The molecule has 0 saturated carbocycles. The van der Waals surface area contributed by atoms with Gasteiger partial charge in [-0.05, 0) is 45.8 Å². The lowest BCUT2D eigenvalue weighted by Gasteiger charge is -2.36. The Morgan fingerprint density at radius 3 is 2.00 bits per heavy atom. The minimum absolute atomic E-state index is 0.0855. The molecule has 1 fully saturated rings. The first-order valence-corrected chi connectivity index (χ1v) is 12.0. The summed E-state index contributed by atoms with van der Waals surface area (Å²) >= 11 is 0. The fourth-order valence-electron chi connectivity index (χ4n) is 2.03. The van der Waals surface area contributed by atoms with Gasteiger partial charge in [0.15, 0.2) is 8.32 Å². The van der Waals surface area contributed by atoms with E-state index in [1.165, 1.54) is 4.31 Å². The maximum Gasteiger partial charge on any atom is 0.220 e. The van der Waals surface area contributed by atoms with Gasteiger partial charge >= 0.3 is 0 Å². The lowest BCUT2D eigenvalue weighted by atomic mass is 10.1. The Morgan fingerprint density at radius 1 is 1.23 bits per heavy atom. The summed E-state index contributed by atoms with van der Waals surface area (Å²) in [6.07, 6.45) is 5.61. The molecule has 0 N–H and O–H groups in total. The number of hydrogen-bond donors (Lipinski definition) is 0. The average molecular weight is 346 g/mol. The third-order valence-electron chi connectivity index (χ3n) is 5.06. The lowest BCUT2D eigenvalue weighted by Crippen LogP contribution is -2.42. The molecule has 0 amide bonds. The Kier molecular flexibility index (Phi) is 4.78. The monoisotopic (exact) mass is 345 g/mol. The van der Waals surface area contributed by atoms with Crippen molar-refractivity contribution in [2.24, 2.45) is 0 Å². The summed E-state index contributed by atoms with van der Waals surface area (Å²) in [5.74, 6) is 2.65. The van der Waals surface area contributed by atoms with E-state index in [1.54, 1.807) is 27.7 Å². The van der Waals surface area contributed by atoms with Gasteiger partial charge < -0.3 is 4.43 Å². The second-order valence-electron chi connectivity index (χ2n) is 8.79. The van der Waals surface area contributed by atoms with Crippen molar-refractivity contribution in [2.75, 3.05) is 6.61 Å². The summed E-state index contributed by atoms with van der Waals surface area (Å²) in [6, 6.07) is -0.268. The van der Waals surface area contributed by atoms with Crippen LogP contribution in [0.2, 0.25) is 18.1 Å². The summed E-state index contributed by atoms with van der Waals surface area (Å²) in [4.78, 5) is 0. The molecule has 6 heteroatoms. The van der Waals surface area contributed by atoms with E-state index in [-0.39, 0.29) is 11.1 Å². The van der Waals surface area contributed by atoms with Crippen LogP contribution in [-0.4, -0.2) is 44.0 Å². The molecule has 1 rings (SSSR count). The number of terminal acetylenes is 1. The van der Waals surface area contributed by atoms with E-state index in [4.69, 9.17) is 10.8 Å². The van der Waals surface area contributed by atoms with Crippen molar-refractivity contribution < 1.29 is 12.8 Å². The first-order valence-electron chi connectivity index (χ1n) is 7.68. The fraction of sp³-hybridized carbons (Fsp3) is 0.875. The smallest absolute Gasteiger partial charge is 0.220 e. The van der Waals surface area contributed by atoms with Gasteiger partial charge in [-0.1, -0.05) is 26.7 Å². The van der Waals surface area contributed by atoms with Crippen LogP contribution in [0.25, 0.3) is 0 Å². The third-order valence-corrected chi connectivity index (χ3v) is 12.3. The van der Waals surface area contributed by atoms with Crippen molar-refractivity contribution in [3.63, 3.8) is 0 Å². The predicted molar refractivity (Wildman–Crippen MR) is 94.7 cm³/mol. The summed E-state index contributed by atoms with van der Waals surface area (Å²) in [5.41, 5.74) is -0.769. The SMILES string of the molecule is C#C[C@@]1(C)[C@@H](CO[Si](C)(C)C(C)(C)C)N1S(=O)(=O)C(C)(C)C. The van der Waals surface area contributed by atoms with Gasteiger partial charge in [-0.15, -0.1) is 6.42 Å². The molecule has 3 atom stereocenters. The molecule has 4 nitrogen and oxygen atoms in total. The quantitative estimate of drug-likeness (QED) is 0.446. The van der Waals surface area contributed by atoms with Crippen molar-refractivity contribution in [3.05, 3.63) is 0 Å². The largest absolute Gasteiger partial charge is 0.415 e. The standard InChI is InChI=1S/C16H31NO3SSi/c1-11-16(8)13(12-20-22(9,10)15(5,6)7)17(16)21(18,19)14(2,3)4/h1,13H,12H2,2-10H3/t13-,16+,17?/m1/s1. The number of hydrogen-bond acceptors (Lipinski definition) is 3. The number of rotatable bonds is 4. The Hall–Kier alpha value is -0.353. The van der Waals surface area contributed by atoms with Gasteiger partial charge in [0.2, 0.25) is 10.0 Å². The molecule has 1 unspecified atom stereocenters. The summed E-state index contributed by atoms with van der Waals surface area (Å²) in [6.45, 7) is 18.1. The molecule has 0 bridgehead atoms. The summed E-state index contributed by atoms with van der Waals surface area (Å²) in [5, 5.41) is 0.0855. The van der Waals surface area contributed by atoms with Crippen molar-refractivity contribution in [2.45, 2.75) is 82.9 Å². The zero-order valence-corrected chi connectivity index (χ0v) is 17.3. The molecule has 1 heterocycles. The molecule has 0 spiro atoms. The van der Waals surface area contributed by atoms with Crippen molar-refractivity contribution in [1.82, 2.24) is 4.31 Å². The molecule has 1 aliphatic heterocycles. The lowest BCUT2D eigenvalue weighted by molar-refractivity contribution is 0.279. The van der Waals surface area contributed by atoms with E-state index in [2.05, 4.69) is 39.8 Å². The first-order chi connectivity index (χ1) is 9.52. The van der Waals surface area contributed by atoms with Gasteiger partial charge in [0.05, 0.1) is 17.4 Å². The average Bonchev–Trinajstić information content (AvgIpc) is 2.90. The number of sulfonamides is 1. The molecule has 128 valence electrons. The molecule has 0 aromatic heterocycles. The minimum atomic E-state index is -3.45. The van der Waals surface area contributed by atoms with Crippen LogP contribution in [0.15, 0.2) is 0 Å². The van der Waals surface area contributed by atoms with Gasteiger partial charge in [-0.25, -0.2) is 8.42 Å². The molecular weight excluding hydrogens is 314 g/mol. The molecule has 0 aromatic rings. The Bertz CT molecular complexity index is 578. The Balaban J connectivity index is 2.97. The van der Waals surface area contributed by atoms with Gasteiger partial charge in [-0.2, -0.15) is 4.31 Å². The van der Waals surface area contributed by atoms with Gasteiger partial charge in [0.25, 0.3) is 0 Å². The maximum atomic E-state index is 12.7. The second-order valence-corrected chi connectivity index (χ2v) is 16.2. The van der Waals surface area contributed by atoms with Gasteiger partial charge in [0.1, 0.15) is 5.54 Å². The molecule has 1 saturated heterocycles. The summed E-state index contributed by atoms with van der Waals surface area (Å²) < 4.78 is 32.2. The van der Waals surface area contributed by atoms with Crippen molar-refractivity contribution in [1.29, 1.82) is 0 Å². The first kappa shape index (κ1) is 19.7. The predicted octanol–water partition coefficient (Wildman–Crippen LogP) is 3.21. The molecular formula is C16H31NO3SSi. The van der Waals surface area contributed by atoms with E-state index in [0.29, 0.717) is 6.61 Å². The van der Waals surface area contributed by atoms with Crippen molar-refractivity contribution >= 4 is 18.3 Å². The van der Waals surface area contributed by atoms with E-state index in [1.807, 2.05) is 0 Å². The van der Waals surface area contributed by atoms with E-state index >= 15 is 0 Å². The molecule has 0 aliphatic carbocycles. The summed E-state index contributed by atoms with van der Waals surface area (Å²) in [7, 11) is -5.38. The molecule has 0 radical (unpaired) electrons. The van der Waals surface area contributed by atoms with Crippen LogP contribution in [0, 0.1) is 12.3 Å². The van der Waals surface area contributed by atoms with Crippen LogP contribution in [0.3, 0.4) is 0 Å². The van der Waals surface area contributed by atoms with Crippen LogP contribution in [-0.2, 0) is 14.4 Å². The highest BCUT2D eigenvalue weighted by molar-refractivity contribution is 7.90. The zero-order chi connectivity index (χ0) is 17.8. The highest BCUT2D eigenvalue weighted by Gasteiger charge is 2.67. The normalized spacial score (nSPS) is 30.0.